The number of ether oxygens (including phenoxy) is 1. The van der Waals surface area contributed by atoms with Crippen LogP contribution >= 0.6 is 15.9 Å². The van der Waals surface area contributed by atoms with Crippen molar-refractivity contribution in [2.24, 2.45) is 0 Å². The van der Waals surface area contributed by atoms with Gasteiger partial charge in [-0.05, 0) is 30.3 Å². The summed E-state index contributed by atoms with van der Waals surface area (Å²) in [5.74, 6) is 1.40. The van der Waals surface area contributed by atoms with Crippen molar-refractivity contribution in [3.63, 3.8) is 0 Å². The molecule has 102 valence electrons. The number of nitrogen functional groups attached to an aromatic ring is 1. The summed E-state index contributed by atoms with van der Waals surface area (Å²) in [6, 6.07) is 15.7. The number of aromatic nitrogens is 2. The maximum atomic E-state index is 5.90. The van der Waals surface area contributed by atoms with Gasteiger partial charge in [0.1, 0.15) is 12.4 Å². The van der Waals surface area contributed by atoms with Crippen LogP contribution in [-0.4, -0.2) is 16.4 Å². The molecule has 0 spiro atoms. The average Bonchev–Trinajstić information content (AvgIpc) is 2.77. The minimum atomic E-state index is 0.543. The van der Waals surface area contributed by atoms with Crippen molar-refractivity contribution < 1.29 is 4.74 Å². The van der Waals surface area contributed by atoms with Crippen LogP contribution in [0.3, 0.4) is 0 Å². The van der Waals surface area contributed by atoms with Crippen LogP contribution in [0, 0.1) is 0 Å². The summed E-state index contributed by atoms with van der Waals surface area (Å²) in [4.78, 5) is 0. The van der Waals surface area contributed by atoms with Gasteiger partial charge in [-0.25, -0.2) is 0 Å². The molecule has 0 unspecified atom stereocenters. The topological polar surface area (TPSA) is 53.1 Å². The van der Waals surface area contributed by atoms with Gasteiger partial charge < -0.3 is 10.5 Å². The van der Waals surface area contributed by atoms with Gasteiger partial charge in [0.2, 0.25) is 0 Å². The molecule has 3 aromatic rings. The maximum Gasteiger partial charge on any atom is 0.153 e. The maximum absolute atomic E-state index is 5.90. The van der Waals surface area contributed by atoms with Crippen molar-refractivity contribution in [1.82, 2.24) is 9.78 Å². The lowest BCUT2D eigenvalue weighted by Crippen LogP contribution is -2.09. The molecule has 20 heavy (non-hydrogen) atoms. The van der Waals surface area contributed by atoms with E-state index in [1.54, 1.807) is 0 Å². The van der Waals surface area contributed by atoms with Gasteiger partial charge in [0, 0.05) is 9.86 Å². The van der Waals surface area contributed by atoms with Gasteiger partial charge in [0.25, 0.3) is 0 Å². The summed E-state index contributed by atoms with van der Waals surface area (Å²) in [6.45, 7) is 1.20. The van der Waals surface area contributed by atoms with E-state index in [-0.39, 0.29) is 0 Å². The highest BCUT2D eigenvalue weighted by Gasteiger charge is 2.06. The van der Waals surface area contributed by atoms with Crippen LogP contribution in [-0.2, 0) is 6.54 Å². The molecule has 0 fully saturated rings. The number of halogens is 1. The molecule has 3 rings (SSSR count). The first-order chi connectivity index (χ1) is 9.74. The molecule has 0 amide bonds. The summed E-state index contributed by atoms with van der Waals surface area (Å²) in [5.41, 5.74) is 6.93. The first kappa shape index (κ1) is 13.0. The number of nitrogens with two attached hydrogens (primary N) is 1. The van der Waals surface area contributed by atoms with Crippen molar-refractivity contribution >= 4 is 32.7 Å². The Labute approximate surface area is 125 Å². The third-order valence-corrected chi connectivity index (χ3v) is 3.55. The van der Waals surface area contributed by atoms with Gasteiger partial charge in [-0.15, -0.1) is 0 Å². The second-order valence-electron chi connectivity index (χ2n) is 4.43. The standard InChI is InChI=1S/C15H14BrN3O/c16-11-4-3-5-12(10-11)20-9-8-19-14-7-2-1-6-13(14)15(17)18-19/h1-7,10H,8-9H2,(H2,17,18). The van der Waals surface area contributed by atoms with Gasteiger partial charge >= 0.3 is 0 Å². The van der Waals surface area contributed by atoms with E-state index in [0.717, 1.165) is 21.1 Å². The highest BCUT2D eigenvalue weighted by molar-refractivity contribution is 9.10. The first-order valence-corrected chi connectivity index (χ1v) is 7.13. The van der Waals surface area contributed by atoms with Crippen LogP contribution in [0.4, 0.5) is 5.82 Å². The van der Waals surface area contributed by atoms with Crippen molar-refractivity contribution in [3.8, 4) is 5.75 Å². The van der Waals surface area contributed by atoms with Crippen molar-refractivity contribution in [3.05, 3.63) is 53.0 Å². The molecule has 0 atom stereocenters. The normalized spacial score (nSPS) is 10.8. The molecule has 2 N–H and O–H groups in total. The highest BCUT2D eigenvalue weighted by Crippen LogP contribution is 2.20. The fraction of sp³-hybridized carbons (Fsp3) is 0.133. The molecule has 5 heteroatoms. The molecule has 2 aromatic carbocycles. The molecule has 0 radical (unpaired) electrons. The number of hydrogen-bond acceptors (Lipinski definition) is 3. The zero-order chi connectivity index (χ0) is 13.9. The van der Waals surface area contributed by atoms with E-state index in [4.69, 9.17) is 10.5 Å². The molecule has 4 nitrogen and oxygen atoms in total. The van der Waals surface area contributed by atoms with Gasteiger partial charge in [0.15, 0.2) is 5.82 Å². The van der Waals surface area contributed by atoms with Gasteiger partial charge in [0.05, 0.1) is 12.1 Å². The van der Waals surface area contributed by atoms with Crippen LogP contribution in [0.1, 0.15) is 0 Å². The van der Waals surface area contributed by atoms with E-state index in [9.17, 15) is 0 Å². The molecule has 0 aliphatic heterocycles. The second-order valence-corrected chi connectivity index (χ2v) is 5.35. The average molecular weight is 332 g/mol. The van der Waals surface area contributed by atoms with Gasteiger partial charge in [-0.2, -0.15) is 5.10 Å². The zero-order valence-corrected chi connectivity index (χ0v) is 12.4. The number of fused-ring (bicyclic) bond motifs is 1. The zero-order valence-electron chi connectivity index (χ0n) is 10.8. The summed E-state index contributed by atoms with van der Waals surface area (Å²) >= 11 is 3.42. The molecule has 1 heterocycles. The fourth-order valence-electron chi connectivity index (χ4n) is 2.13. The number of anilines is 1. The van der Waals surface area contributed by atoms with Crippen molar-refractivity contribution in [1.29, 1.82) is 0 Å². The van der Waals surface area contributed by atoms with Crippen molar-refractivity contribution in [2.75, 3.05) is 12.3 Å². The SMILES string of the molecule is Nc1nn(CCOc2cccc(Br)c2)c2ccccc12. The van der Waals surface area contributed by atoms with Crippen molar-refractivity contribution in [2.45, 2.75) is 6.54 Å². The van der Waals surface area contributed by atoms with E-state index in [1.807, 2.05) is 53.2 Å². The van der Waals surface area contributed by atoms with E-state index in [0.29, 0.717) is 19.0 Å². The van der Waals surface area contributed by atoms with E-state index < -0.39 is 0 Å². The summed E-state index contributed by atoms with van der Waals surface area (Å²) in [6.07, 6.45) is 0. The third kappa shape index (κ3) is 2.63. The second kappa shape index (κ2) is 5.54. The molecule has 1 aromatic heterocycles. The molecule has 0 saturated carbocycles. The van der Waals surface area contributed by atoms with Crippen LogP contribution in [0.25, 0.3) is 10.9 Å². The largest absolute Gasteiger partial charge is 0.492 e. The van der Waals surface area contributed by atoms with Crippen LogP contribution < -0.4 is 10.5 Å². The molecule has 0 saturated heterocycles. The molecule has 0 bridgehead atoms. The fourth-order valence-corrected chi connectivity index (χ4v) is 2.51. The smallest absolute Gasteiger partial charge is 0.153 e. The Morgan fingerprint density at radius 2 is 2.00 bits per heavy atom. The number of para-hydroxylation sites is 1. The first-order valence-electron chi connectivity index (χ1n) is 6.33. The number of benzene rings is 2. The minimum Gasteiger partial charge on any atom is -0.492 e. The Morgan fingerprint density at radius 3 is 2.85 bits per heavy atom. The Kier molecular flexibility index (Phi) is 3.60. The third-order valence-electron chi connectivity index (χ3n) is 3.05. The van der Waals surface area contributed by atoms with Gasteiger partial charge in [-0.1, -0.05) is 34.1 Å². The number of rotatable bonds is 4. The summed E-state index contributed by atoms with van der Waals surface area (Å²) < 4.78 is 8.60. The number of hydrogen-bond donors (Lipinski definition) is 1. The quantitative estimate of drug-likeness (QED) is 0.796. The van der Waals surface area contributed by atoms with E-state index >= 15 is 0 Å². The monoisotopic (exact) mass is 331 g/mol. The molecule has 0 aliphatic rings. The Morgan fingerprint density at radius 1 is 1.15 bits per heavy atom. The Bertz CT molecular complexity index is 739. The predicted molar refractivity (Wildman–Crippen MR) is 83.8 cm³/mol. The van der Waals surface area contributed by atoms with E-state index in [1.165, 1.54) is 0 Å². The summed E-state index contributed by atoms with van der Waals surface area (Å²) in [5, 5.41) is 5.33. The Hall–Kier alpha value is -2.01. The molecular weight excluding hydrogens is 318 g/mol. The lowest BCUT2D eigenvalue weighted by Gasteiger charge is -2.07. The molecule has 0 aliphatic carbocycles. The Balaban J connectivity index is 1.71. The number of nitrogens with zero attached hydrogens (tertiary/aromatic N) is 2. The highest BCUT2D eigenvalue weighted by atomic mass is 79.9. The van der Waals surface area contributed by atoms with E-state index in [2.05, 4.69) is 21.0 Å². The lowest BCUT2D eigenvalue weighted by molar-refractivity contribution is 0.294. The lowest BCUT2D eigenvalue weighted by atomic mass is 10.2. The molecular formula is C15H14BrN3O. The summed E-state index contributed by atoms with van der Waals surface area (Å²) in [7, 11) is 0. The van der Waals surface area contributed by atoms with Crippen LogP contribution in [0.2, 0.25) is 0 Å². The minimum absolute atomic E-state index is 0.543. The van der Waals surface area contributed by atoms with Gasteiger partial charge in [-0.3, -0.25) is 4.68 Å². The van der Waals surface area contributed by atoms with Crippen LogP contribution in [0.5, 0.6) is 5.75 Å². The van der Waals surface area contributed by atoms with Crippen LogP contribution in [0.15, 0.2) is 53.0 Å². The predicted octanol–water partition coefficient (Wildman–Crippen LogP) is 3.46.